The number of aromatic nitrogens is 3. The van der Waals surface area contributed by atoms with E-state index in [-0.39, 0.29) is 10.8 Å². The van der Waals surface area contributed by atoms with Crippen LogP contribution in [0.2, 0.25) is 0 Å². The van der Waals surface area contributed by atoms with Gasteiger partial charge in [-0.25, -0.2) is 15.0 Å². The lowest BCUT2D eigenvalue weighted by molar-refractivity contribution is -0.0281. The maximum absolute atomic E-state index is 9.26. The van der Waals surface area contributed by atoms with E-state index in [1.165, 1.54) is 71.9 Å². The summed E-state index contributed by atoms with van der Waals surface area (Å²) in [7, 11) is 0. The Morgan fingerprint density at radius 2 is 0.836 bits per heavy atom. The van der Waals surface area contributed by atoms with Gasteiger partial charge in [0.15, 0.2) is 17.5 Å². The Morgan fingerprint density at radius 3 is 1.34 bits per heavy atom. The van der Waals surface area contributed by atoms with E-state index in [2.05, 4.69) is 116 Å². The summed E-state index contributed by atoms with van der Waals surface area (Å²) >= 11 is 0. The normalized spacial score (nSPS) is 21.2. The molecule has 0 radical (unpaired) electrons. The molecule has 294 valence electrons. The largest absolute Gasteiger partial charge is 0.208 e. The molecule has 0 saturated heterocycles. The zero-order chi connectivity index (χ0) is 41.0. The molecule has 8 aromatic rings. The maximum Gasteiger partial charge on any atom is 0.164 e. The van der Waals surface area contributed by atoms with E-state index < -0.39 is 0 Å². The molecule has 2 atom stereocenters. The first kappa shape index (κ1) is 37.1. The lowest BCUT2D eigenvalue weighted by atomic mass is 9.41. The summed E-state index contributed by atoms with van der Waals surface area (Å²) in [5.74, 6) is 3.55. The molecular formula is C57H46N4. The Bertz CT molecular complexity index is 2860. The third-order valence-electron chi connectivity index (χ3n) is 14.0. The molecule has 4 heteroatoms. The van der Waals surface area contributed by atoms with Gasteiger partial charge in [-0.2, -0.15) is 5.26 Å². The van der Waals surface area contributed by atoms with E-state index in [0.29, 0.717) is 23.0 Å². The van der Waals surface area contributed by atoms with Crippen molar-refractivity contribution in [3.05, 3.63) is 198 Å². The minimum atomic E-state index is 0.226. The van der Waals surface area contributed by atoms with Crippen molar-refractivity contribution >= 4 is 0 Å². The zero-order valence-corrected chi connectivity index (χ0v) is 34.4. The van der Waals surface area contributed by atoms with Crippen molar-refractivity contribution in [2.24, 2.45) is 11.8 Å². The standard InChI is InChI=1S/C57H46N4/c1-38-27-49(31-50(28-38)55-60-53(45-9-4-2-5-10-45)59-54(61-55)46-11-6-3-7-12-46)48-14-8-13-47(30-48)44-21-25-52(26-22-44)57-34-40-29-41(35-57)33-56(32-40,37-57)51-23-19-43(20-24-51)42-17-15-39(36-58)16-18-42/h2-28,30-31,40-41H,29,32-35,37H2,1H3. The monoisotopic (exact) mass is 786 g/mol. The number of hydrogen-bond acceptors (Lipinski definition) is 4. The minimum Gasteiger partial charge on any atom is -0.208 e. The van der Waals surface area contributed by atoms with Crippen LogP contribution in [-0.4, -0.2) is 15.0 Å². The second kappa shape index (κ2) is 14.9. The number of aryl methyl sites for hydroxylation is 1. The van der Waals surface area contributed by atoms with E-state index in [1.807, 2.05) is 72.8 Å². The van der Waals surface area contributed by atoms with Crippen molar-refractivity contribution in [1.82, 2.24) is 15.0 Å². The average Bonchev–Trinajstić information content (AvgIpc) is 3.31. The van der Waals surface area contributed by atoms with Crippen LogP contribution in [-0.2, 0) is 10.8 Å². The molecule has 4 aliphatic carbocycles. The highest BCUT2D eigenvalue weighted by atomic mass is 15.0. The highest BCUT2D eigenvalue weighted by Crippen LogP contribution is 2.66. The SMILES string of the molecule is Cc1cc(-c2cccc(-c3ccc(C45CC6CC(CC(c7ccc(-c8ccc(C#N)cc8)cc7)(C6)C4)C5)cc3)c2)cc(-c2nc(-c3ccccc3)nc(-c3ccccc3)n2)c1. The summed E-state index contributed by atoms with van der Waals surface area (Å²) in [5, 5.41) is 9.26. The van der Waals surface area contributed by atoms with E-state index in [1.54, 1.807) is 0 Å². The molecule has 4 aliphatic rings. The maximum atomic E-state index is 9.26. The number of nitriles is 1. The summed E-state index contributed by atoms with van der Waals surface area (Å²) in [6.07, 6.45) is 7.84. The van der Waals surface area contributed by atoms with E-state index in [0.717, 1.165) is 45.2 Å². The molecular weight excluding hydrogens is 741 g/mol. The Labute approximate surface area is 358 Å². The third-order valence-corrected chi connectivity index (χ3v) is 14.0. The van der Waals surface area contributed by atoms with Gasteiger partial charge in [0.05, 0.1) is 11.6 Å². The molecule has 4 bridgehead atoms. The number of rotatable bonds is 8. The number of benzene rings is 7. The zero-order valence-electron chi connectivity index (χ0n) is 34.4. The molecule has 2 unspecified atom stereocenters. The van der Waals surface area contributed by atoms with Gasteiger partial charge in [0.2, 0.25) is 0 Å². The molecule has 0 aliphatic heterocycles. The van der Waals surface area contributed by atoms with Gasteiger partial charge in [-0.3, -0.25) is 0 Å². The predicted molar refractivity (Wildman–Crippen MR) is 246 cm³/mol. The van der Waals surface area contributed by atoms with Gasteiger partial charge >= 0.3 is 0 Å². The molecule has 61 heavy (non-hydrogen) atoms. The summed E-state index contributed by atoms with van der Waals surface area (Å²) < 4.78 is 0. The fraction of sp³-hybridized carbons (Fsp3) is 0.193. The molecule has 4 fully saturated rings. The molecule has 12 rings (SSSR count). The summed E-state index contributed by atoms with van der Waals surface area (Å²) in [5.41, 5.74) is 15.4. The highest BCUT2D eigenvalue weighted by Gasteiger charge is 2.58. The second-order valence-corrected chi connectivity index (χ2v) is 18.1. The molecule has 0 N–H and O–H groups in total. The Kier molecular flexibility index (Phi) is 9.08. The first-order valence-corrected chi connectivity index (χ1v) is 21.7. The van der Waals surface area contributed by atoms with Crippen molar-refractivity contribution in [3.63, 3.8) is 0 Å². The average molecular weight is 787 g/mol. The van der Waals surface area contributed by atoms with Crippen LogP contribution in [0.3, 0.4) is 0 Å². The Morgan fingerprint density at radius 1 is 0.426 bits per heavy atom. The van der Waals surface area contributed by atoms with Gasteiger partial charge in [-0.15, -0.1) is 0 Å². The van der Waals surface area contributed by atoms with Crippen LogP contribution in [0.25, 0.3) is 67.5 Å². The van der Waals surface area contributed by atoms with Gasteiger partial charge in [0.1, 0.15) is 0 Å². The van der Waals surface area contributed by atoms with Crippen molar-refractivity contribution in [2.75, 3.05) is 0 Å². The number of nitrogens with zero attached hydrogens (tertiary/aromatic N) is 4. The topological polar surface area (TPSA) is 62.5 Å². The van der Waals surface area contributed by atoms with Crippen molar-refractivity contribution in [3.8, 4) is 73.6 Å². The first-order chi connectivity index (χ1) is 29.9. The smallest absolute Gasteiger partial charge is 0.164 e. The molecule has 1 heterocycles. The number of hydrogen-bond donors (Lipinski definition) is 0. The molecule has 4 nitrogen and oxygen atoms in total. The van der Waals surface area contributed by atoms with Gasteiger partial charge in [-0.05, 0) is 149 Å². The molecule has 0 spiro atoms. The summed E-state index contributed by atoms with van der Waals surface area (Å²) in [4.78, 5) is 15.0. The molecule has 1 aromatic heterocycles. The second-order valence-electron chi connectivity index (χ2n) is 18.1. The van der Waals surface area contributed by atoms with Crippen LogP contribution in [0.1, 0.15) is 60.8 Å². The highest BCUT2D eigenvalue weighted by molar-refractivity contribution is 5.77. The molecule has 7 aromatic carbocycles. The van der Waals surface area contributed by atoms with Gasteiger partial charge in [-0.1, -0.05) is 146 Å². The molecule has 4 saturated carbocycles. The van der Waals surface area contributed by atoms with Crippen LogP contribution in [0, 0.1) is 30.1 Å². The van der Waals surface area contributed by atoms with Crippen LogP contribution in [0.4, 0.5) is 0 Å². The minimum absolute atomic E-state index is 0.226. The Balaban J connectivity index is 0.878. The first-order valence-electron chi connectivity index (χ1n) is 21.7. The van der Waals surface area contributed by atoms with Gasteiger partial charge < -0.3 is 0 Å². The van der Waals surface area contributed by atoms with Crippen molar-refractivity contribution in [2.45, 2.75) is 56.3 Å². The van der Waals surface area contributed by atoms with Crippen LogP contribution >= 0.6 is 0 Å². The predicted octanol–water partition coefficient (Wildman–Crippen LogP) is 13.8. The van der Waals surface area contributed by atoms with E-state index >= 15 is 0 Å². The fourth-order valence-electron chi connectivity index (χ4n) is 11.6. The van der Waals surface area contributed by atoms with Crippen LogP contribution < -0.4 is 0 Å². The lowest BCUT2D eigenvalue weighted by Crippen LogP contribution is -2.55. The van der Waals surface area contributed by atoms with Gasteiger partial charge in [0, 0.05) is 16.7 Å². The van der Waals surface area contributed by atoms with Crippen molar-refractivity contribution < 1.29 is 0 Å². The quantitative estimate of drug-likeness (QED) is 0.154. The fourth-order valence-corrected chi connectivity index (χ4v) is 11.6. The van der Waals surface area contributed by atoms with Gasteiger partial charge in [0.25, 0.3) is 0 Å². The Hall–Kier alpha value is -6.96. The van der Waals surface area contributed by atoms with E-state index in [9.17, 15) is 5.26 Å². The van der Waals surface area contributed by atoms with E-state index in [4.69, 9.17) is 15.0 Å². The summed E-state index contributed by atoms with van der Waals surface area (Å²) in [6, 6.07) is 65.2. The lowest BCUT2D eigenvalue weighted by Gasteiger charge is -2.63. The van der Waals surface area contributed by atoms with Crippen molar-refractivity contribution in [1.29, 1.82) is 5.26 Å². The third kappa shape index (κ3) is 6.95. The molecule has 0 amide bonds. The summed E-state index contributed by atoms with van der Waals surface area (Å²) in [6.45, 7) is 2.15. The van der Waals surface area contributed by atoms with Crippen LogP contribution in [0.15, 0.2) is 176 Å². The van der Waals surface area contributed by atoms with Crippen LogP contribution in [0.5, 0.6) is 0 Å².